The molecule has 0 atom stereocenters. The quantitative estimate of drug-likeness (QED) is 0.464. The maximum Gasteiger partial charge on any atom is 0.229 e. The number of hydrogen-bond acceptors (Lipinski definition) is 4. The Hall–Kier alpha value is 17.7. The summed E-state index contributed by atoms with van der Waals surface area (Å²) in [6.07, 6.45) is 0.602. The molecule has 1 aromatic rings. The van der Waals surface area contributed by atoms with E-state index in [-0.39, 0.29) is 17.2 Å². The van der Waals surface area contributed by atoms with E-state index < -0.39 is 11.2 Å². The molecule has 0 saturated carbocycles. The summed E-state index contributed by atoms with van der Waals surface area (Å²) in [5, 5.41) is 2.56. The molecular weight excluding hydrogens is 3040 g/mol. The van der Waals surface area contributed by atoms with Crippen molar-refractivity contribution >= 4 is 804 Å². The summed E-state index contributed by atoms with van der Waals surface area (Å²) in [5.41, 5.74) is 0.270. The van der Waals surface area contributed by atoms with E-state index in [0.717, 1.165) is 0 Å². The smallest absolute Gasteiger partial charge is 0.229 e. The van der Waals surface area contributed by atoms with Crippen molar-refractivity contribution in [3.63, 3.8) is 0 Å². The Morgan fingerprint density at radius 1 is 0.267 bits per heavy atom. The predicted molar refractivity (Wildman–Crippen MR) is 713 cm³/mol. The van der Waals surface area contributed by atoms with Crippen molar-refractivity contribution in [1.29, 1.82) is 0 Å². The largest absolute Gasteiger partial charge is 0.325 e. The Morgan fingerprint density at radius 2 is 0.390 bits per heavy atom. The van der Waals surface area contributed by atoms with Crippen LogP contribution in [0.15, 0.2) is 12.1 Å². The maximum atomic E-state index is 13.4. The van der Waals surface area contributed by atoms with Crippen molar-refractivity contribution in [2.75, 3.05) is 5.32 Å². The number of benzene rings is 1. The minimum Gasteiger partial charge on any atom is -0.325 e. The average Bonchev–Trinajstić information content (AvgIpc) is 0.849. The number of anilines is 1. The van der Waals surface area contributed by atoms with Crippen LogP contribution in [0.5, 0.6) is 0 Å². The van der Waals surface area contributed by atoms with Gasteiger partial charge < -0.3 is 5.32 Å². The van der Waals surface area contributed by atoms with Crippen LogP contribution in [0.3, 0.4) is 0 Å². The van der Waals surface area contributed by atoms with Gasteiger partial charge >= 0.3 is 0 Å². The van der Waals surface area contributed by atoms with Crippen LogP contribution in [0.2, 0.25) is 0 Å². The molecule has 3 nitrogen and oxygen atoms in total. The first kappa shape index (κ1) is 123. The minimum absolute atomic E-state index is 0.211. The number of aldehydes is 1. The van der Waals surface area contributed by atoms with Gasteiger partial charge in [0.05, 0.1) is 5.69 Å². The summed E-state index contributed by atoms with van der Waals surface area (Å²) in [7, 11) is 155. The molecule has 0 aliphatic heterocycles. The molecule has 0 spiro atoms. The van der Waals surface area contributed by atoms with E-state index in [1.54, 1.807) is 134 Å². The number of carbonyl (C=O) groups is 2. The lowest BCUT2D eigenvalue weighted by atomic mass is 9.95. The van der Waals surface area contributed by atoms with Crippen molar-refractivity contribution in [3.8, 4) is 0 Å². The van der Waals surface area contributed by atoms with E-state index in [2.05, 4.69) is 5.32 Å². The number of aryl methyl sites for hydroxylation is 1. The highest BCUT2D eigenvalue weighted by molar-refractivity contribution is 8.86. The normalized spacial score (nSPS) is 8.39. The van der Waals surface area contributed by atoms with Crippen molar-refractivity contribution < 1.29 is 14.0 Å². The second kappa shape index (κ2) is 107. The third-order valence-corrected chi connectivity index (χ3v) is 194. The summed E-state index contributed by atoms with van der Waals surface area (Å²) >= 11 is 9.66. The van der Waals surface area contributed by atoms with Crippen LogP contribution >= 0.6 is 0 Å². The number of nitrogens with one attached hydrogen (secondary N) is 1. The number of rotatable bonds is 2. The number of carbonyl (C=O) groups excluding carboxylic acids is 2. The highest BCUT2D eigenvalue weighted by Gasteiger charge is 2.22. The van der Waals surface area contributed by atoms with Gasteiger partial charge in [0.2, 0.25) is 5.91 Å². The third-order valence-electron chi connectivity index (χ3n) is 4.75. The van der Waals surface area contributed by atoms with Gasteiger partial charge in [-0.05, 0) is 24.6 Å². The molecule has 0 fully saturated rings. The van der Waals surface area contributed by atoms with Gasteiger partial charge in [0.25, 0.3) is 0 Å². The highest BCUT2D eigenvalue weighted by Crippen LogP contribution is 2.22. The van der Waals surface area contributed by atoms with Crippen molar-refractivity contribution in [2.45, 2.75) is 27.7 Å². The van der Waals surface area contributed by atoms with E-state index in [9.17, 15) is 14.0 Å². The van der Waals surface area contributed by atoms with Gasteiger partial charge in [0.1, 0.15) is 5.82 Å². The van der Waals surface area contributed by atoms with E-state index >= 15 is 0 Å². The summed E-state index contributed by atoms with van der Waals surface area (Å²) in [4.78, 5) is 22.6. The van der Waals surface area contributed by atoms with Gasteiger partial charge in [-0.3, -0.25) is 9.59 Å². The fourth-order valence-electron chi connectivity index (χ4n) is 2.17. The molecule has 0 bridgehead atoms. The van der Waals surface area contributed by atoms with Gasteiger partial charge in [0.15, 0.2) is 6.29 Å². The Bertz CT molecular complexity index is 7380. The Labute approximate surface area is 859 Å². The molecular formula is C13H16FNO2S88. The second-order valence-corrected chi connectivity index (χ2v) is 163. The van der Waals surface area contributed by atoms with Crippen molar-refractivity contribution in [2.24, 2.45) is 5.41 Å². The fraction of sp³-hybridized carbons (Fsp3) is 0.385. The van der Waals surface area contributed by atoms with E-state index in [1.807, 2.05) is 639 Å². The van der Waals surface area contributed by atoms with Crippen molar-refractivity contribution in [1.82, 2.24) is 0 Å². The topological polar surface area (TPSA) is 46.2 Å². The van der Waals surface area contributed by atoms with Gasteiger partial charge in [0, 0.05) is 797 Å². The molecule has 1 N–H and O–H groups in total. The molecule has 0 saturated heterocycles. The Balaban J connectivity index is 0.00000552. The molecule has 0 aliphatic carbocycles. The van der Waals surface area contributed by atoms with Gasteiger partial charge in [-0.2, -0.15) is 0 Å². The summed E-state index contributed by atoms with van der Waals surface area (Å²) in [6.45, 7) is 6.80. The zero-order valence-electron chi connectivity index (χ0n) is 46.4. The third kappa shape index (κ3) is 102. The molecule has 1 rings (SSSR count). The lowest BCUT2D eigenvalue weighted by molar-refractivity contribution is -0.123. The monoisotopic (exact) mass is 3050 g/mol. The number of halogens is 1. The molecule has 92 heteroatoms. The first-order chi connectivity index (χ1) is 51.7. The lowest BCUT2D eigenvalue weighted by Crippen LogP contribution is -2.28. The molecule has 620 valence electrons. The minimum atomic E-state index is -0.596. The number of amides is 1. The molecule has 1 amide bonds. The van der Waals surface area contributed by atoms with Crippen LogP contribution in [0.4, 0.5) is 10.1 Å². The first-order valence-corrected chi connectivity index (χ1v) is 136. The Kier molecular flexibility index (Phi) is 125. The zero-order chi connectivity index (χ0) is 76.0. The molecule has 0 unspecified atom stereocenters. The standard InChI is InChI=1S/C13H16FNO2.S88/c1-8-5-9(7-16)11(6-10(8)14)15-12(17)13(2,3)4;1-3-5-7-9-11-13-15-17-19-21-23-25-27-29-31-33-35-37-39-41-43-45-47-49-51-53-55-57-59-61-63-65-67-69-71-73-75-77-79-81-83-85-87-88-86-84-82-80-78-76-74-72-70-68-66-64-62-60-58-56-54-52-50-48-46-44-42-40-38-36-34-32-30-28-26-24-22-20-18-16-14-12-10-8-6-4-2/h5-7H,1-4H3,(H,15,17);. The molecule has 0 heterocycles. The number of hydrogen-bond donors (Lipinski definition) is 1. The SMILES string of the molecule is Cc1cc(C=O)c(NC(=O)C(C)(C)C)cc1F.S=S=S=S=S=S=S=S=S=S=S=S=S=S=S=S=S=S=S=S=S=S=S=S=S=S=S=S=S=S=S=S=S=S=S=S=S=S=S=S=S=S=S=S=S=S=S=S=S=S=S=S=S=S=S=S=S=S=S=S=S=S=S=S=S=S=S=S=S=S=S=S=S=S=S=S=S=S=S=S=S=S=S=S=S=S=S=S. The van der Waals surface area contributed by atoms with Crippen LogP contribution in [0, 0.1) is 18.2 Å². The predicted octanol–water partition coefficient (Wildman–Crippen LogP) is 2.72. The summed E-state index contributed by atoms with van der Waals surface area (Å²) < 4.78 is 13.4. The molecule has 105 heavy (non-hydrogen) atoms. The van der Waals surface area contributed by atoms with Crippen LogP contribution in [0.25, 0.3) is 0 Å². The van der Waals surface area contributed by atoms with Crippen molar-refractivity contribution in [3.05, 3.63) is 29.1 Å². The van der Waals surface area contributed by atoms with Crippen LogP contribution < -0.4 is 5.32 Å². The van der Waals surface area contributed by atoms with E-state index in [0.29, 0.717) is 11.8 Å². The highest BCUT2D eigenvalue weighted by atomic mass is 33.6. The first-order valence-electron chi connectivity index (χ1n) is 19.8. The molecule has 0 aromatic heterocycles. The van der Waals surface area contributed by atoms with E-state index in [4.69, 9.17) is 22.4 Å². The maximum absolute atomic E-state index is 13.4. The van der Waals surface area contributed by atoms with E-state index in [1.165, 1.54) is 29.9 Å². The molecule has 1 aromatic carbocycles. The van der Waals surface area contributed by atoms with Crippen LogP contribution in [-0.4, -0.2) is 12.2 Å². The Morgan fingerprint density at radius 3 is 0.495 bits per heavy atom. The van der Waals surface area contributed by atoms with Gasteiger partial charge in [-0.25, -0.2) is 4.39 Å². The van der Waals surface area contributed by atoms with Gasteiger partial charge in [-0.15, -0.1) is 0 Å². The lowest BCUT2D eigenvalue weighted by Gasteiger charge is -2.18. The van der Waals surface area contributed by atoms with Gasteiger partial charge in [-0.1, -0.05) is 20.8 Å². The molecule has 0 aliphatic rings. The zero-order valence-corrected chi connectivity index (χ0v) is 118. The molecule has 0 radical (unpaired) electrons. The summed E-state index contributed by atoms with van der Waals surface area (Å²) in [6, 6.07) is 2.59. The second-order valence-electron chi connectivity index (χ2n) is 10.9. The fourth-order valence-corrected chi connectivity index (χ4v) is 233. The summed E-state index contributed by atoms with van der Waals surface area (Å²) in [5.74, 6) is -0.705. The average molecular weight is 3060 g/mol. The van der Waals surface area contributed by atoms with Crippen LogP contribution in [0.1, 0.15) is 36.7 Å². The van der Waals surface area contributed by atoms with Crippen LogP contribution in [-0.2, 0) is 791 Å².